The van der Waals surface area contributed by atoms with Gasteiger partial charge in [-0.15, -0.1) is 19.0 Å². The lowest BCUT2D eigenvalue weighted by Crippen LogP contribution is -2.86. The van der Waals surface area contributed by atoms with Gasteiger partial charge in [0.1, 0.15) is 5.60 Å². The number of fused-ring (bicyclic) bond motifs is 3. The first-order valence-corrected chi connectivity index (χ1v) is 13.8. The second kappa shape index (κ2) is 9.81. The van der Waals surface area contributed by atoms with Crippen LogP contribution in [0.2, 0.25) is 0 Å². The van der Waals surface area contributed by atoms with Crippen LogP contribution in [-0.2, 0) is 19.1 Å². The molecule has 8 nitrogen and oxygen atoms in total. The second-order valence-electron chi connectivity index (χ2n) is 12.1. The Morgan fingerprint density at radius 3 is 2.42 bits per heavy atom. The Labute approximate surface area is 224 Å². The molecule has 2 heterocycles. The third kappa shape index (κ3) is 4.17. The molecule has 0 bridgehead atoms. The van der Waals surface area contributed by atoms with E-state index in [0.717, 1.165) is 24.6 Å². The number of esters is 1. The van der Waals surface area contributed by atoms with Crippen molar-refractivity contribution >= 4 is 35.9 Å². The minimum atomic E-state index is -2.20. The van der Waals surface area contributed by atoms with Crippen LogP contribution in [0.3, 0.4) is 0 Å². The molecule has 10 heteroatoms. The number of ketones is 1. The number of carbonyl (C=O) groups is 2. The largest absolute Gasteiger partial charge is 0.455 e. The van der Waals surface area contributed by atoms with Crippen molar-refractivity contribution in [1.82, 2.24) is 4.90 Å². The number of nitrogens with zero attached hydrogens (tertiary/aromatic N) is 1. The molecule has 0 aromatic heterocycles. The Hall–Kier alpha value is -0.680. The van der Waals surface area contributed by atoms with Gasteiger partial charge in [0.25, 0.3) is 0 Å². The number of Topliss-reactive ketones (excluding diaryl/α,β-unsaturated/α-hetero) is 1. The highest BCUT2D eigenvalue weighted by atomic mass is 35.5. The summed E-state index contributed by atoms with van der Waals surface area (Å²) >= 11 is 1.83. The number of ether oxygens (including phenoxy) is 2. The van der Waals surface area contributed by atoms with Crippen LogP contribution in [0.1, 0.15) is 53.9 Å². The fraction of sp³-hybridized carbons (Fsp3) is 0.846. The van der Waals surface area contributed by atoms with E-state index >= 15 is 0 Å². The molecule has 0 spiro atoms. The molecule has 36 heavy (non-hydrogen) atoms. The molecular formula is C26H42ClNO7S. The van der Waals surface area contributed by atoms with Gasteiger partial charge in [-0.05, 0) is 32.1 Å². The van der Waals surface area contributed by atoms with Crippen molar-refractivity contribution in [1.29, 1.82) is 0 Å². The van der Waals surface area contributed by atoms with Gasteiger partial charge in [-0.2, -0.15) is 11.8 Å². The lowest BCUT2D eigenvalue weighted by Gasteiger charge is -2.71. The zero-order valence-electron chi connectivity index (χ0n) is 22.0. The number of aliphatic hydroxyl groups is 3. The molecular weight excluding hydrogens is 506 g/mol. The van der Waals surface area contributed by atoms with Crippen molar-refractivity contribution in [2.45, 2.75) is 89.0 Å². The summed E-state index contributed by atoms with van der Waals surface area (Å²) in [5.41, 5.74) is -7.10. The van der Waals surface area contributed by atoms with Gasteiger partial charge >= 0.3 is 5.97 Å². The van der Waals surface area contributed by atoms with Gasteiger partial charge < -0.3 is 24.8 Å². The van der Waals surface area contributed by atoms with E-state index in [0.29, 0.717) is 12.8 Å². The SMILES string of the molecule is C=C[C@@]1(C)CC(=O)[C@]2(O)C3(C)C(C(O)C(OC(=O)CN4CCSCC4)[C@@]2(C)O1)C(C)(C)CC[C@@H]3O.Cl. The molecule has 3 N–H and O–H groups in total. The van der Waals surface area contributed by atoms with Gasteiger partial charge in [0.15, 0.2) is 17.5 Å². The summed E-state index contributed by atoms with van der Waals surface area (Å²) in [6, 6.07) is 0. The summed E-state index contributed by atoms with van der Waals surface area (Å²) in [5, 5.41) is 35.6. The Balaban J connectivity index is 0.00000361. The average molecular weight is 548 g/mol. The number of rotatable bonds is 4. The average Bonchev–Trinajstić information content (AvgIpc) is 2.78. The van der Waals surface area contributed by atoms with Crippen LogP contribution >= 0.6 is 24.2 Å². The number of carbonyl (C=O) groups excluding carboxylic acids is 2. The zero-order chi connectivity index (χ0) is 26.0. The molecule has 0 radical (unpaired) electrons. The van der Waals surface area contributed by atoms with Gasteiger partial charge in [-0.3, -0.25) is 14.5 Å². The number of hydrogen-bond acceptors (Lipinski definition) is 9. The number of thioether (sulfide) groups is 1. The van der Waals surface area contributed by atoms with E-state index in [1.54, 1.807) is 13.8 Å². The second-order valence-corrected chi connectivity index (χ2v) is 13.4. The monoisotopic (exact) mass is 547 g/mol. The Kier molecular flexibility index (Phi) is 8.14. The molecule has 0 amide bonds. The van der Waals surface area contributed by atoms with Gasteiger partial charge in [0.05, 0.1) is 24.4 Å². The van der Waals surface area contributed by atoms with Crippen molar-refractivity contribution in [2.75, 3.05) is 31.1 Å². The van der Waals surface area contributed by atoms with E-state index in [1.165, 1.54) is 13.0 Å². The summed E-state index contributed by atoms with van der Waals surface area (Å²) in [4.78, 5) is 29.0. The smallest absolute Gasteiger partial charge is 0.320 e. The lowest BCUT2D eigenvalue weighted by molar-refractivity contribution is -0.370. The first-order chi connectivity index (χ1) is 16.2. The summed E-state index contributed by atoms with van der Waals surface area (Å²) in [7, 11) is 0. The van der Waals surface area contributed by atoms with Gasteiger partial charge in [-0.1, -0.05) is 26.8 Å². The molecule has 2 saturated carbocycles. The molecule has 4 unspecified atom stereocenters. The van der Waals surface area contributed by atoms with Crippen molar-refractivity contribution in [3.63, 3.8) is 0 Å². The predicted molar refractivity (Wildman–Crippen MR) is 140 cm³/mol. The van der Waals surface area contributed by atoms with Crippen LogP contribution < -0.4 is 0 Å². The maximum absolute atomic E-state index is 13.9. The van der Waals surface area contributed by atoms with Crippen LogP contribution in [0, 0.1) is 16.7 Å². The zero-order valence-corrected chi connectivity index (χ0v) is 23.6. The molecule has 2 aliphatic carbocycles. The van der Waals surface area contributed by atoms with Crippen LogP contribution in [0.25, 0.3) is 0 Å². The van der Waals surface area contributed by atoms with Gasteiger partial charge in [0, 0.05) is 42.3 Å². The quantitative estimate of drug-likeness (QED) is 0.359. The van der Waals surface area contributed by atoms with Crippen molar-refractivity contribution in [3.05, 3.63) is 12.7 Å². The summed E-state index contributed by atoms with van der Waals surface area (Å²) in [6.45, 7) is 14.2. The van der Waals surface area contributed by atoms with Crippen molar-refractivity contribution in [3.8, 4) is 0 Å². The summed E-state index contributed by atoms with van der Waals surface area (Å²) in [6.07, 6.45) is -1.32. The highest BCUT2D eigenvalue weighted by Gasteiger charge is 2.81. The highest BCUT2D eigenvalue weighted by Crippen LogP contribution is 2.67. The van der Waals surface area contributed by atoms with Crippen molar-refractivity contribution < 1.29 is 34.4 Å². The summed E-state index contributed by atoms with van der Waals surface area (Å²) < 4.78 is 12.4. The van der Waals surface area contributed by atoms with Crippen molar-refractivity contribution in [2.24, 2.45) is 16.7 Å². The molecule has 0 aromatic rings. The fourth-order valence-electron chi connectivity index (χ4n) is 7.60. The molecule has 4 fully saturated rings. The van der Waals surface area contributed by atoms with E-state index in [-0.39, 0.29) is 25.4 Å². The van der Waals surface area contributed by atoms with Gasteiger partial charge in [-0.25, -0.2) is 0 Å². The standard InChI is InChI=1S/C26H41NO7S.ClH/c1-7-23(4)14-17(29)26(32)24(5)16(28)8-9-22(2,3)20(24)19(31)21(25(26,6)34-23)33-18(30)15-27-10-12-35-13-11-27;/h7,16,19-21,28,31-32H,1,8-15H2,2-6H3;1H/t16-,19?,20?,21?,23-,24?,25+,26-;/m0./s1. The van der Waals surface area contributed by atoms with Crippen LogP contribution in [-0.4, -0.2) is 98.2 Å². The van der Waals surface area contributed by atoms with Gasteiger partial charge in [0.2, 0.25) is 0 Å². The molecule has 0 aromatic carbocycles. The third-order valence-electron chi connectivity index (χ3n) is 9.44. The Morgan fingerprint density at radius 2 is 1.83 bits per heavy atom. The molecule has 206 valence electrons. The van der Waals surface area contributed by atoms with Crippen LogP contribution in [0.15, 0.2) is 12.7 Å². The minimum absolute atomic E-state index is 0. The van der Waals surface area contributed by atoms with E-state index < -0.39 is 63.6 Å². The molecule has 2 saturated heterocycles. The number of hydrogen-bond donors (Lipinski definition) is 3. The number of aliphatic hydroxyl groups excluding tert-OH is 2. The van der Waals surface area contributed by atoms with Crippen LogP contribution in [0.4, 0.5) is 0 Å². The molecule has 8 atom stereocenters. The molecule has 4 aliphatic rings. The van der Waals surface area contributed by atoms with E-state index in [4.69, 9.17) is 9.47 Å². The lowest BCUT2D eigenvalue weighted by atomic mass is 9.40. The Bertz CT molecular complexity index is 898. The maximum Gasteiger partial charge on any atom is 0.320 e. The summed E-state index contributed by atoms with van der Waals surface area (Å²) in [5.74, 6) is 0.0989. The van der Waals surface area contributed by atoms with E-state index in [2.05, 4.69) is 6.58 Å². The highest BCUT2D eigenvalue weighted by molar-refractivity contribution is 7.99. The third-order valence-corrected chi connectivity index (χ3v) is 10.4. The topological polar surface area (TPSA) is 117 Å². The first kappa shape index (κ1) is 29.9. The number of halogens is 1. The first-order valence-electron chi connectivity index (χ1n) is 12.6. The fourth-order valence-corrected chi connectivity index (χ4v) is 8.58. The molecule has 4 rings (SSSR count). The normalized spacial score (nSPS) is 46.6. The van der Waals surface area contributed by atoms with E-state index in [1.807, 2.05) is 30.5 Å². The maximum atomic E-state index is 13.9. The molecule has 2 aliphatic heterocycles. The van der Waals surface area contributed by atoms with Crippen LogP contribution in [0.5, 0.6) is 0 Å². The minimum Gasteiger partial charge on any atom is -0.455 e. The predicted octanol–water partition coefficient (Wildman–Crippen LogP) is 1.97. The Morgan fingerprint density at radius 1 is 1.22 bits per heavy atom. The van der Waals surface area contributed by atoms with E-state index in [9.17, 15) is 24.9 Å².